The number of aliphatic hydroxyl groups is 2. The third kappa shape index (κ3) is 9.13. The van der Waals surface area contributed by atoms with E-state index in [9.17, 15) is 19.8 Å². The van der Waals surface area contributed by atoms with Gasteiger partial charge in [-0.2, -0.15) is 0 Å². The summed E-state index contributed by atoms with van der Waals surface area (Å²) in [6.07, 6.45) is 21.2. The molecule has 0 radical (unpaired) electrons. The van der Waals surface area contributed by atoms with Crippen LogP contribution in [0, 0.1) is 22.7 Å². The van der Waals surface area contributed by atoms with Crippen molar-refractivity contribution in [3.8, 4) is 0 Å². The van der Waals surface area contributed by atoms with Crippen molar-refractivity contribution in [2.75, 3.05) is 0 Å². The first-order valence-electron chi connectivity index (χ1n) is 17.7. The fraction of sp³-hybridized carbons (Fsp3) is 0.744. The van der Waals surface area contributed by atoms with Gasteiger partial charge in [0.05, 0.1) is 17.6 Å². The zero-order valence-corrected chi connectivity index (χ0v) is 29.2. The number of allylic oxidation sites excluding steroid dienone is 4. The monoisotopic (exact) mass is 611 g/mol. The Balaban J connectivity index is 0.00000125. The third-order valence-corrected chi connectivity index (χ3v) is 11.2. The van der Waals surface area contributed by atoms with Crippen LogP contribution < -0.4 is 5.73 Å². The van der Waals surface area contributed by atoms with Crippen molar-refractivity contribution in [3.05, 3.63) is 47.6 Å². The van der Waals surface area contributed by atoms with Gasteiger partial charge in [0.25, 0.3) is 0 Å². The summed E-state index contributed by atoms with van der Waals surface area (Å²) in [5.74, 6) is 0.449. The Labute approximate surface area is 269 Å². The topological polar surface area (TPSA) is 101 Å². The van der Waals surface area contributed by atoms with Crippen LogP contribution in [0.4, 0.5) is 0 Å². The molecule has 3 aliphatic carbocycles. The minimum absolute atomic E-state index is 0.0354. The lowest BCUT2D eigenvalue weighted by Crippen LogP contribution is -2.56. The molecule has 0 aromatic carbocycles. The molecule has 0 aromatic heterocycles. The molecule has 0 saturated heterocycles. The number of unbranched alkanes of at least 4 members (excludes halogenated alkanes) is 5. The van der Waals surface area contributed by atoms with Crippen LogP contribution in [0.3, 0.4) is 0 Å². The molecule has 1 unspecified atom stereocenters. The zero-order valence-electron chi connectivity index (χ0n) is 29.2. The van der Waals surface area contributed by atoms with Crippen molar-refractivity contribution in [2.24, 2.45) is 28.4 Å². The summed E-state index contributed by atoms with van der Waals surface area (Å²) in [7, 11) is 0. The van der Waals surface area contributed by atoms with E-state index in [0.29, 0.717) is 30.8 Å². The van der Waals surface area contributed by atoms with Crippen molar-refractivity contribution in [2.45, 2.75) is 163 Å². The Morgan fingerprint density at radius 1 is 1.00 bits per heavy atom. The Morgan fingerprint density at radius 3 is 2.18 bits per heavy atom. The molecular formula is C39H65NO4. The molecule has 250 valence electrons. The largest absolute Gasteiger partial charge is 0.388 e. The second-order valence-corrected chi connectivity index (χ2v) is 14.7. The third-order valence-electron chi connectivity index (χ3n) is 11.2. The molecule has 0 spiro atoms. The van der Waals surface area contributed by atoms with E-state index in [4.69, 9.17) is 5.73 Å². The van der Waals surface area contributed by atoms with E-state index < -0.39 is 23.2 Å². The predicted octanol–water partition coefficient (Wildman–Crippen LogP) is 8.73. The number of hydrogen-bond acceptors (Lipinski definition) is 5. The van der Waals surface area contributed by atoms with E-state index in [1.807, 2.05) is 6.08 Å². The molecule has 4 N–H and O–H groups in total. The van der Waals surface area contributed by atoms with Gasteiger partial charge >= 0.3 is 0 Å². The number of nitrogens with two attached hydrogens (primary N) is 1. The Kier molecular flexibility index (Phi) is 15.0. The highest BCUT2D eigenvalue weighted by Crippen LogP contribution is 2.60. The lowest BCUT2D eigenvalue weighted by atomic mass is 9.57. The minimum Gasteiger partial charge on any atom is -0.388 e. The van der Waals surface area contributed by atoms with Crippen molar-refractivity contribution in [1.82, 2.24) is 0 Å². The summed E-state index contributed by atoms with van der Waals surface area (Å²) in [6, 6.07) is 0. The normalized spacial score (nSPS) is 31.6. The molecule has 0 heterocycles. The molecule has 5 heteroatoms. The summed E-state index contributed by atoms with van der Waals surface area (Å²) < 4.78 is 0. The van der Waals surface area contributed by atoms with Crippen LogP contribution in [0.25, 0.3) is 0 Å². The van der Waals surface area contributed by atoms with Crippen molar-refractivity contribution in [1.29, 1.82) is 0 Å². The number of Topliss-reactive ketones (excluding diaryl/α,β-unsaturated/α-hetero) is 1. The Hall–Kier alpha value is -1.82. The molecule has 5 nitrogen and oxygen atoms in total. The molecule has 3 saturated carbocycles. The molecular weight excluding hydrogens is 546 g/mol. The van der Waals surface area contributed by atoms with Crippen molar-refractivity contribution < 1.29 is 19.8 Å². The van der Waals surface area contributed by atoms with Crippen molar-refractivity contribution >= 4 is 11.6 Å². The summed E-state index contributed by atoms with van der Waals surface area (Å²) in [5, 5.41) is 20.5. The molecule has 0 bridgehead atoms. The highest BCUT2D eigenvalue weighted by molar-refractivity contribution is 6.10. The van der Waals surface area contributed by atoms with Gasteiger partial charge in [0, 0.05) is 12.0 Å². The van der Waals surface area contributed by atoms with Gasteiger partial charge < -0.3 is 15.9 Å². The number of carbonyl (C=O) groups is 2. The first kappa shape index (κ1) is 38.4. The number of ketones is 2. The van der Waals surface area contributed by atoms with Crippen LogP contribution in [-0.2, 0) is 9.59 Å². The highest BCUT2D eigenvalue weighted by atomic mass is 16.3. The molecule has 6 atom stereocenters. The van der Waals surface area contributed by atoms with Crippen LogP contribution in [0.15, 0.2) is 47.6 Å². The Morgan fingerprint density at radius 2 is 1.61 bits per heavy atom. The van der Waals surface area contributed by atoms with Crippen LogP contribution in [0.1, 0.15) is 145 Å². The molecule has 3 rings (SSSR count). The van der Waals surface area contributed by atoms with Crippen LogP contribution in [0.5, 0.6) is 0 Å². The maximum atomic E-state index is 13.1. The second-order valence-electron chi connectivity index (χ2n) is 14.7. The summed E-state index contributed by atoms with van der Waals surface area (Å²) >= 11 is 0. The van der Waals surface area contributed by atoms with E-state index >= 15 is 0 Å². The van der Waals surface area contributed by atoms with Crippen LogP contribution >= 0.6 is 0 Å². The van der Waals surface area contributed by atoms with Gasteiger partial charge in [-0.05, 0) is 99.7 Å². The molecule has 0 aliphatic heterocycles. The minimum atomic E-state index is -0.986. The summed E-state index contributed by atoms with van der Waals surface area (Å²) in [5.41, 5.74) is 8.54. The highest BCUT2D eigenvalue weighted by Gasteiger charge is 2.58. The predicted molar refractivity (Wildman–Crippen MR) is 184 cm³/mol. The van der Waals surface area contributed by atoms with Gasteiger partial charge in [0.2, 0.25) is 0 Å². The quantitative estimate of drug-likeness (QED) is 0.0837. The molecule has 0 aromatic rings. The average molecular weight is 612 g/mol. The summed E-state index contributed by atoms with van der Waals surface area (Å²) in [6.45, 7) is 18.4. The summed E-state index contributed by atoms with van der Waals surface area (Å²) in [4.78, 5) is 25.9. The van der Waals surface area contributed by atoms with Crippen molar-refractivity contribution in [3.63, 3.8) is 0 Å². The average Bonchev–Trinajstić information content (AvgIpc) is 3.27. The van der Waals surface area contributed by atoms with Gasteiger partial charge in [-0.25, -0.2) is 0 Å². The van der Waals surface area contributed by atoms with E-state index in [1.54, 1.807) is 19.9 Å². The van der Waals surface area contributed by atoms with E-state index in [1.165, 1.54) is 24.8 Å². The first-order chi connectivity index (χ1) is 20.7. The molecule has 3 aliphatic rings. The van der Waals surface area contributed by atoms with Gasteiger partial charge in [-0.15, -0.1) is 0 Å². The smallest absolute Gasteiger partial charge is 0.168 e. The van der Waals surface area contributed by atoms with E-state index in [2.05, 4.69) is 53.3 Å². The number of fused-ring (bicyclic) bond motifs is 1. The standard InChI is InChI=1S/C34H53NO4.C5H12/c1-7-8-9-10-13-30(38)32(4,5)31(39)17-14-23(2)27-18-20-34(35)26(12-11-19-33(27,34)6)16-15-25-21-28(36)24(3)29(37)22-25;1-3-5-4-2/h14-17,23,27-29,36-37H,3,7-13,18-22,35H2,1-2,4-6H3;3-5H2,1-2H3/b17-14+,25-15?,26-16+;/t23-,27-,28-,29?,33-,34-;/m1./s1. The van der Waals surface area contributed by atoms with Gasteiger partial charge in [0.15, 0.2) is 5.78 Å². The maximum Gasteiger partial charge on any atom is 0.168 e. The Bertz CT molecular complexity index is 1050. The van der Waals surface area contributed by atoms with E-state index in [0.717, 1.165) is 63.4 Å². The molecule has 44 heavy (non-hydrogen) atoms. The molecule has 0 amide bonds. The number of aliphatic hydroxyl groups excluding tert-OH is 2. The van der Waals surface area contributed by atoms with Gasteiger partial charge in [0.1, 0.15) is 5.78 Å². The van der Waals surface area contributed by atoms with E-state index in [-0.39, 0.29) is 22.9 Å². The van der Waals surface area contributed by atoms with Crippen LogP contribution in [0.2, 0.25) is 0 Å². The number of carbonyl (C=O) groups excluding carboxylic acids is 2. The van der Waals surface area contributed by atoms with Gasteiger partial charge in [-0.3, -0.25) is 9.59 Å². The number of rotatable bonds is 13. The number of hydrogen-bond donors (Lipinski definition) is 3. The molecule has 3 fully saturated rings. The zero-order chi connectivity index (χ0) is 33.1. The lowest BCUT2D eigenvalue weighted by Gasteiger charge is -2.50. The fourth-order valence-corrected chi connectivity index (χ4v) is 7.71. The fourth-order valence-electron chi connectivity index (χ4n) is 7.71. The first-order valence-corrected chi connectivity index (χ1v) is 17.7. The second kappa shape index (κ2) is 17.2. The SMILES string of the molecule is C=C1C(O)CC(=C/C=C2\CCC[C@]3(C)[C@@H]([C@H](C)/C=C/C(=O)C(C)(C)C(=O)CCCCCC)CC[C@@]23N)C[C@H]1O.CCCCC. The van der Waals surface area contributed by atoms with Crippen LogP contribution in [-0.4, -0.2) is 39.5 Å². The maximum absolute atomic E-state index is 13.1. The van der Waals surface area contributed by atoms with Gasteiger partial charge in [-0.1, -0.05) is 104 Å². The lowest BCUT2D eigenvalue weighted by molar-refractivity contribution is -0.136.